The molecule has 1 aliphatic carbocycles. The summed E-state index contributed by atoms with van der Waals surface area (Å²) in [5.41, 5.74) is 3.06. The summed E-state index contributed by atoms with van der Waals surface area (Å²) < 4.78 is 41.3. The van der Waals surface area contributed by atoms with Crippen molar-refractivity contribution in [1.82, 2.24) is 25.2 Å². The van der Waals surface area contributed by atoms with E-state index in [1.807, 2.05) is 6.20 Å². The zero-order valence-corrected chi connectivity index (χ0v) is 17.3. The number of amides is 1. The average Bonchev–Trinajstić information content (AvgIpc) is 3.31. The van der Waals surface area contributed by atoms with Crippen LogP contribution in [0.25, 0.3) is 16.8 Å². The molecule has 7 nitrogen and oxygen atoms in total. The monoisotopic (exact) mass is 450 g/mol. The molecule has 1 saturated heterocycles. The van der Waals surface area contributed by atoms with E-state index in [-0.39, 0.29) is 4.88 Å². The van der Waals surface area contributed by atoms with Gasteiger partial charge in [-0.15, -0.1) is 11.3 Å². The zero-order valence-electron chi connectivity index (χ0n) is 16.5. The fourth-order valence-corrected chi connectivity index (χ4v) is 4.67. The van der Waals surface area contributed by atoms with Gasteiger partial charge in [0.25, 0.3) is 5.91 Å². The molecule has 3 aromatic rings. The number of hydrogen-bond acceptors (Lipinski definition) is 6. The molecule has 5 rings (SSSR count). The van der Waals surface area contributed by atoms with E-state index >= 15 is 0 Å². The molecule has 1 saturated carbocycles. The number of fused-ring (bicyclic) bond motifs is 1. The van der Waals surface area contributed by atoms with E-state index in [2.05, 4.69) is 25.6 Å². The lowest BCUT2D eigenvalue weighted by atomic mass is 10.1. The summed E-state index contributed by atoms with van der Waals surface area (Å²) >= 11 is 1.12. The maximum atomic E-state index is 13.2. The van der Waals surface area contributed by atoms with Crippen LogP contribution in [0.5, 0.6) is 0 Å². The third-order valence-corrected chi connectivity index (χ3v) is 6.62. The van der Waals surface area contributed by atoms with Gasteiger partial charge in [0.05, 0.1) is 29.2 Å². The van der Waals surface area contributed by atoms with Crippen LogP contribution in [-0.4, -0.2) is 58.9 Å². The molecule has 0 aromatic carbocycles. The number of hydrogen-bond donors (Lipinski definition) is 2. The Bertz CT molecular complexity index is 1100. The number of alkyl halides is 3. The van der Waals surface area contributed by atoms with Gasteiger partial charge in [0, 0.05) is 31.7 Å². The van der Waals surface area contributed by atoms with Gasteiger partial charge in [0.1, 0.15) is 6.04 Å². The van der Waals surface area contributed by atoms with Gasteiger partial charge in [-0.3, -0.25) is 4.79 Å². The second-order valence-corrected chi connectivity index (χ2v) is 8.82. The summed E-state index contributed by atoms with van der Waals surface area (Å²) in [5.74, 6) is -1.21. The largest absolute Gasteiger partial charge is 0.408 e. The van der Waals surface area contributed by atoms with Crippen LogP contribution in [0.15, 0.2) is 30.0 Å². The van der Waals surface area contributed by atoms with Crippen molar-refractivity contribution in [3.63, 3.8) is 0 Å². The molecule has 2 fully saturated rings. The Kier molecular flexibility index (Phi) is 5.09. The number of nitrogens with one attached hydrogen (secondary N) is 2. The molecule has 31 heavy (non-hydrogen) atoms. The van der Waals surface area contributed by atoms with Crippen LogP contribution in [0.2, 0.25) is 0 Å². The number of carbonyl (C=O) groups is 1. The number of aromatic nitrogens is 3. The molecule has 3 aromatic heterocycles. The van der Waals surface area contributed by atoms with Crippen molar-refractivity contribution in [1.29, 1.82) is 0 Å². The van der Waals surface area contributed by atoms with E-state index in [9.17, 15) is 18.0 Å². The summed E-state index contributed by atoms with van der Waals surface area (Å²) in [5, 5.41) is 11.6. The van der Waals surface area contributed by atoms with E-state index in [1.165, 1.54) is 0 Å². The predicted molar refractivity (Wildman–Crippen MR) is 111 cm³/mol. The van der Waals surface area contributed by atoms with Gasteiger partial charge >= 0.3 is 6.18 Å². The first-order chi connectivity index (χ1) is 14.9. The minimum atomic E-state index is -4.44. The topological polar surface area (TPSA) is 74.6 Å². The van der Waals surface area contributed by atoms with Crippen molar-refractivity contribution in [2.45, 2.75) is 25.1 Å². The molecule has 1 aliphatic heterocycles. The SMILES string of the molecule is O=C(NC(C1CC1)C(F)(F)F)c1cc(-c2cnn3cc(N4CCNCC4)cnc23)cs1. The highest BCUT2D eigenvalue weighted by atomic mass is 32.1. The minimum absolute atomic E-state index is 0.238. The Hall–Kier alpha value is -2.66. The van der Waals surface area contributed by atoms with Crippen LogP contribution in [0.1, 0.15) is 22.5 Å². The number of halogens is 3. The Morgan fingerprint density at radius 2 is 2.03 bits per heavy atom. The first kappa shape index (κ1) is 20.3. The third-order valence-electron chi connectivity index (χ3n) is 5.69. The Morgan fingerprint density at radius 3 is 2.74 bits per heavy atom. The minimum Gasteiger partial charge on any atom is -0.366 e. The van der Waals surface area contributed by atoms with Crippen LogP contribution in [0, 0.1) is 5.92 Å². The van der Waals surface area contributed by atoms with Crippen molar-refractivity contribution >= 4 is 28.6 Å². The fourth-order valence-electron chi connectivity index (χ4n) is 3.86. The second-order valence-electron chi connectivity index (χ2n) is 7.91. The second kappa shape index (κ2) is 7.79. The number of piperazine rings is 1. The van der Waals surface area contributed by atoms with Crippen molar-refractivity contribution in [3.8, 4) is 11.1 Å². The summed E-state index contributed by atoms with van der Waals surface area (Å²) in [6.45, 7) is 3.62. The number of anilines is 1. The summed E-state index contributed by atoms with van der Waals surface area (Å²) in [7, 11) is 0. The highest BCUT2D eigenvalue weighted by Crippen LogP contribution is 2.40. The molecule has 0 radical (unpaired) electrons. The van der Waals surface area contributed by atoms with Crippen LogP contribution >= 0.6 is 11.3 Å². The van der Waals surface area contributed by atoms with E-state index in [0.29, 0.717) is 24.1 Å². The van der Waals surface area contributed by atoms with Crippen molar-refractivity contribution in [2.75, 3.05) is 31.1 Å². The fraction of sp³-hybridized carbons (Fsp3) is 0.450. The summed E-state index contributed by atoms with van der Waals surface area (Å²) in [4.78, 5) is 19.5. The molecule has 2 aliphatic rings. The number of thiophene rings is 1. The van der Waals surface area contributed by atoms with Gasteiger partial charge in [-0.1, -0.05) is 0 Å². The van der Waals surface area contributed by atoms with Gasteiger partial charge in [0.15, 0.2) is 5.65 Å². The molecule has 4 heterocycles. The Labute approximate surface area is 180 Å². The van der Waals surface area contributed by atoms with Gasteiger partial charge in [-0.25, -0.2) is 9.50 Å². The first-order valence-electron chi connectivity index (χ1n) is 10.2. The highest BCUT2D eigenvalue weighted by Gasteiger charge is 2.49. The molecular formula is C20H21F3N6OS. The predicted octanol–water partition coefficient (Wildman–Crippen LogP) is 2.94. The first-order valence-corrected chi connectivity index (χ1v) is 11.0. The third kappa shape index (κ3) is 4.11. The molecule has 11 heteroatoms. The quantitative estimate of drug-likeness (QED) is 0.625. The lowest BCUT2D eigenvalue weighted by Crippen LogP contribution is -2.46. The lowest BCUT2D eigenvalue weighted by molar-refractivity contribution is -0.158. The van der Waals surface area contributed by atoms with E-state index in [0.717, 1.165) is 48.8 Å². The summed E-state index contributed by atoms with van der Waals surface area (Å²) in [6, 6.07) is -0.184. The van der Waals surface area contributed by atoms with E-state index in [4.69, 9.17) is 0 Å². The molecule has 0 bridgehead atoms. The molecule has 2 N–H and O–H groups in total. The van der Waals surface area contributed by atoms with Crippen molar-refractivity contribution in [3.05, 3.63) is 34.9 Å². The van der Waals surface area contributed by atoms with Gasteiger partial charge in [0.2, 0.25) is 0 Å². The number of carbonyl (C=O) groups excluding carboxylic acids is 1. The lowest BCUT2D eigenvalue weighted by Gasteiger charge is -2.28. The van der Waals surface area contributed by atoms with Crippen LogP contribution in [0.4, 0.5) is 18.9 Å². The average molecular weight is 450 g/mol. The molecule has 0 spiro atoms. The van der Waals surface area contributed by atoms with Gasteiger partial charge in [-0.2, -0.15) is 18.3 Å². The van der Waals surface area contributed by atoms with Gasteiger partial charge < -0.3 is 15.5 Å². The number of nitrogens with zero attached hydrogens (tertiary/aromatic N) is 4. The normalized spacial score (nSPS) is 18.4. The molecule has 1 amide bonds. The maximum absolute atomic E-state index is 13.2. The molecule has 164 valence electrons. The maximum Gasteiger partial charge on any atom is 0.408 e. The Balaban J connectivity index is 1.36. The van der Waals surface area contributed by atoms with Crippen LogP contribution in [-0.2, 0) is 0 Å². The van der Waals surface area contributed by atoms with Crippen LogP contribution < -0.4 is 15.5 Å². The molecule has 1 atom stereocenters. The summed E-state index contributed by atoms with van der Waals surface area (Å²) in [6.07, 6.45) is 1.92. The van der Waals surface area contributed by atoms with Crippen molar-refractivity contribution < 1.29 is 18.0 Å². The number of rotatable bonds is 5. The zero-order chi connectivity index (χ0) is 21.6. The highest BCUT2D eigenvalue weighted by molar-refractivity contribution is 7.12. The standard InChI is InChI=1S/C20H21F3N6OS/c21-20(22,23)17(12-1-2-12)27-19(30)16-7-13(11-31-16)15-9-26-29-10-14(8-25-18(15)29)28-5-3-24-4-6-28/h7-12,17,24H,1-6H2,(H,27,30). The van der Waals surface area contributed by atoms with Crippen LogP contribution in [0.3, 0.4) is 0 Å². The molecule has 1 unspecified atom stereocenters. The molecular weight excluding hydrogens is 429 g/mol. The smallest absolute Gasteiger partial charge is 0.366 e. The Morgan fingerprint density at radius 1 is 1.26 bits per heavy atom. The van der Waals surface area contributed by atoms with Gasteiger partial charge in [-0.05, 0) is 35.8 Å². The van der Waals surface area contributed by atoms with Crippen molar-refractivity contribution in [2.24, 2.45) is 5.92 Å². The van der Waals surface area contributed by atoms with E-state index in [1.54, 1.807) is 28.4 Å². The van der Waals surface area contributed by atoms with E-state index < -0.39 is 24.0 Å².